The molecule has 90 heavy (non-hydrogen) atoms. The van der Waals surface area contributed by atoms with Crippen LogP contribution in [0.4, 0.5) is 0 Å². The van der Waals surface area contributed by atoms with Crippen LogP contribution >= 0.6 is 0 Å². The van der Waals surface area contributed by atoms with Crippen LogP contribution in [0.3, 0.4) is 0 Å². The molecule has 10 aliphatic carbocycles. The van der Waals surface area contributed by atoms with Crippen LogP contribution in [0.5, 0.6) is 11.5 Å². The maximum absolute atomic E-state index is 11.9. The van der Waals surface area contributed by atoms with Crippen molar-refractivity contribution in [3.8, 4) is 11.5 Å². The fourth-order valence-corrected chi connectivity index (χ4v) is 16.1. The van der Waals surface area contributed by atoms with Crippen molar-refractivity contribution in [1.29, 1.82) is 0 Å². The van der Waals surface area contributed by atoms with E-state index in [0.717, 1.165) is 5.57 Å². The average Bonchev–Trinajstić information content (AvgIpc) is 1.54. The molecule has 0 spiro atoms. The van der Waals surface area contributed by atoms with Crippen molar-refractivity contribution in [1.82, 2.24) is 0 Å². The number of carbonyl (C=O) groups excluding carboxylic acids is 20. The van der Waals surface area contributed by atoms with E-state index in [4.69, 9.17) is 4.74 Å². The summed E-state index contributed by atoms with van der Waals surface area (Å²) in [4.78, 5) is 230. The van der Waals surface area contributed by atoms with Crippen LogP contribution in [-0.4, -0.2) is 118 Å². The fourth-order valence-electron chi connectivity index (χ4n) is 16.1. The summed E-state index contributed by atoms with van der Waals surface area (Å²) in [5.41, 5.74) is 1.42. The molecular weight excluding hydrogens is 1190 g/mol. The number of ether oxygens (including phenoxy) is 7. The van der Waals surface area contributed by atoms with Crippen LogP contribution in [0.15, 0.2) is 60.2 Å². The molecule has 4 saturated heterocycles. The van der Waals surface area contributed by atoms with Crippen LogP contribution in [0.25, 0.3) is 0 Å². The summed E-state index contributed by atoms with van der Waals surface area (Å²) in [5.74, 6) is -15.6. The fraction of sp³-hybridized carbons (Fsp3) is 0.429. The Morgan fingerprint density at radius 2 is 0.733 bits per heavy atom. The Bertz CT molecular complexity index is 3640. The summed E-state index contributed by atoms with van der Waals surface area (Å²) in [6.07, 6.45) is 6.49. The summed E-state index contributed by atoms with van der Waals surface area (Å²) in [5, 5.41) is 0. The molecule has 18 atom stereocenters. The first kappa shape index (κ1) is 58.9. The van der Waals surface area contributed by atoms with Gasteiger partial charge >= 0.3 is 71.6 Å². The molecule has 7 saturated carbocycles. The molecule has 6 heterocycles. The number of hydrogen-bond donors (Lipinski definition) is 0. The molecule has 18 rings (SSSR count). The predicted octanol–water partition coefficient (Wildman–Crippen LogP) is 1.77. The van der Waals surface area contributed by atoms with Crippen molar-refractivity contribution in [3.05, 3.63) is 82.5 Å². The van der Waals surface area contributed by atoms with E-state index in [1.54, 1.807) is 0 Å². The van der Waals surface area contributed by atoms with E-state index in [-0.39, 0.29) is 154 Å². The molecule has 6 aliphatic heterocycles. The highest BCUT2D eigenvalue weighted by atomic mass is 16.6. The number of Topliss-reactive ketones (excluding diaryl/α,β-unsaturated/α-hetero) is 8. The van der Waals surface area contributed by atoms with Gasteiger partial charge in [0.1, 0.15) is 57.8 Å². The van der Waals surface area contributed by atoms with Gasteiger partial charge in [-0.05, 0) is 68.5 Å². The Kier molecular flexibility index (Phi) is 14.1. The van der Waals surface area contributed by atoms with Crippen LogP contribution in [0.2, 0.25) is 0 Å². The van der Waals surface area contributed by atoms with E-state index >= 15 is 0 Å². The minimum Gasteiger partial charge on any atom is -0.457 e. The van der Waals surface area contributed by atoms with Gasteiger partial charge in [-0.15, -0.1) is 0 Å². The van der Waals surface area contributed by atoms with Crippen LogP contribution in [0.1, 0.15) is 99.7 Å². The zero-order chi connectivity index (χ0) is 64.0. The van der Waals surface area contributed by atoms with E-state index < -0.39 is 137 Å². The van der Waals surface area contributed by atoms with E-state index in [9.17, 15) is 95.9 Å². The summed E-state index contributed by atoms with van der Waals surface area (Å²) in [7, 11) is 0. The Labute approximate surface area is 504 Å². The molecule has 0 amide bonds. The monoisotopic (exact) mass is 1230 g/mol. The van der Waals surface area contributed by atoms with E-state index in [0.29, 0.717) is 19.3 Å². The number of carbonyl (C=O) groups is 20. The molecule has 11 fully saturated rings. The van der Waals surface area contributed by atoms with Gasteiger partial charge in [0.05, 0.1) is 95.8 Å². The molecule has 18 unspecified atom stereocenters. The Morgan fingerprint density at radius 3 is 1.19 bits per heavy atom. The van der Waals surface area contributed by atoms with Crippen molar-refractivity contribution in [2.75, 3.05) is 0 Å². The lowest BCUT2D eigenvalue weighted by Crippen LogP contribution is -2.50. The third kappa shape index (κ3) is 9.45. The Hall–Kier alpha value is -10.1. The number of rotatable bonds is 3. The molecule has 27 heteroatoms. The minimum absolute atomic E-state index is 0.00127. The topological polar surface area (TPSA) is 406 Å². The second-order valence-corrected chi connectivity index (χ2v) is 24.7. The van der Waals surface area contributed by atoms with Gasteiger partial charge in [0.15, 0.2) is 0 Å². The second kappa shape index (κ2) is 21.6. The summed E-state index contributed by atoms with van der Waals surface area (Å²) >= 11 is 0. The zero-order valence-corrected chi connectivity index (χ0v) is 46.8. The van der Waals surface area contributed by atoms with Crippen molar-refractivity contribution in [2.24, 2.45) is 107 Å². The Balaban J connectivity index is 0.000000104. The standard InChI is InChI=1S/C16H6O7.C14H14O5.C13H10O5.C11H10O5.C9H6O5/c17-13-9-3-1-7(5-11(9)15(19)22-13)21-8-2-4-10-12(6-8)16(20)23-14(10)18;1-6-2-7(8-4-12(17)19-14(8)18)3-9-10(15)5-11(16)13(6)9;14-6-3-7(15)9-5-2-1-4(8(6)9)10-11(5)13(17)18-12(10)16;12-8-3-9(13)5-2-7-6(1-4(5)8)10(14)16-11(7)15;10-2-1-3(11)5-4(2)6-7(5)9(13)14-8(6)12/h1-6H;2,7-9,13H,3-5H2,1H3;1-2,4-5,8-11H,3H2;4-7H,1-3H2;4-7H,1H2. The van der Waals surface area contributed by atoms with Crippen molar-refractivity contribution in [2.45, 2.75) is 58.3 Å². The van der Waals surface area contributed by atoms with Crippen molar-refractivity contribution in [3.63, 3.8) is 0 Å². The molecule has 0 aromatic heterocycles. The molecule has 2 bridgehead atoms. The SMILES string of the molecule is CC1=CC(C2CC(=O)OC2=O)CC2C(=O)CC(=O)C12.O=C1CC(=O)C2C1C1C(=O)OC(=O)C21.O=C1CC(=O)C2C3C=CC(C12)C1C(=O)OC(=O)C31.O=C1CC(=O)C2CC3C(=O)OC(=O)C3CC12.O=C1OC(=O)c2cc(Oc3ccc4c(c3)C(=O)OC4=O)ccc21. The normalized spacial score (nSPS) is 36.0. The van der Waals surface area contributed by atoms with Crippen molar-refractivity contribution < 1.29 is 129 Å². The number of hydrogen-bond acceptors (Lipinski definition) is 27. The zero-order valence-electron chi connectivity index (χ0n) is 46.8. The van der Waals surface area contributed by atoms with Gasteiger partial charge in [-0.1, -0.05) is 23.8 Å². The number of ketones is 8. The molecule has 2 aromatic carbocycles. The lowest BCUT2D eigenvalue weighted by Gasteiger charge is -2.44. The Morgan fingerprint density at radius 1 is 0.344 bits per heavy atom. The van der Waals surface area contributed by atoms with E-state index in [2.05, 4.69) is 28.4 Å². The highest BCUT2D eigenvalue weighted by Crippen LogP contribution is 2.58. The van der Waals surface area contributed by atoms with Gasteiger partial charge < -0.3 is 33.2 Å². The highest BCUT2D eigenvalue weighted by Gasteiger charge is 2.71. The lowest BCUT2D eigenvalue weighted by atomic mass is 9.54. The number of cyclic esters (lactones) is 12. The van der Waals surface area contributed by atoms with Crippen molar-refractivity contribution >= 4 is 118 Å². The van der Waals surface area contributed by atoms with Gasteiger partial charge in [-0.25, -0.2) is 19.2 Å². The summed E-state index contributed by atoms with van der Waals surface area (Å²) < 4.78 is 32.7. The molecule has 2 aromatic rings. The van der Waals surface area contributed by atoms with Crippen LogP contribution < -0.4 is 4.74 Å². The smallest absolute Gasteiger partial charge is 0.347 e. The molecule has 460 valence electrons. The van der Waals surface area contributed by atoms with Gasteiger partial charge in [-0.3, -0.25) is 76.7 Å². The van der Waals surface area contributed by atoms with Crippen LogP contribution in [-0.2, 0) is 105 Å². The second-order valence-electron chi connectivity index (χ2n) is 24.7. The quantitative estimate of drug-likeness (QED) is 0.183. The largest absolute Gasteiger partial charge is 0.457 e. The first-order valence-corrected chi connectivity index (χ1v) is 28.9. The van der Waals surface area contributed by atoms with Gasteiger partial charge in [0.25, 0.3) is 0 Å². The maximum atomic E-state index is 11.9. The maximum Gasteiger partial charge on any atom is 0.347 e. The molecular formula is C63H46O27. The van der Waals surface area contributed by atoms with Crippen LogP contribution in [0, 0.1) is 107 Å². The summed E-state index contributed by atoms with van der Waals surface area (Å²) in [6, 6.07) is 8.58. The number of allylic oxidation sites excluding steroid dienone is 4. The average molecular weight is 1240 g/mol. The molecule has 27 nitrogen and oxygen atoms in total. The van der Waals surface area contributed by atoms with E-state index in [1.165, 1.54) is 36.4 Å². The number of fused-ring (bicyclic) bond motifs is 9. The molecule has 16 aliphatic rings. The lowest BCUT2D eigenvalue weighted by molar-refractivity contribution is -0.155. The third-order valence-corrected chi connectivity index (χ3v) is 20.1. The molecule has 0 N–H and O–H groups in total. The first-order valence-electron chi connectivity index (χ1n) is 28.9. The number of esters is 12. The predicted molar refractivity (Wildman–Crippen MR) is 280 cm³/mol. The highest BCUT2D eigenvalue weighted by molar-refractivity contribution is 6.18. The summed E-state index contributed by atoms with van der Waals surface area (Å²) in [6.45, 7) is 1.82. The van der Waals surface area contributed by atoms with E-state index in [1.807, 2.05) is 25.2 Å². The van der Waals surface area contributed by atoms with Gasteiger partial charge in [0.2, 0.25) is 0 Å². The van der Waals surface area contributed by atoms with Gasteiger partial charge in [-0.2, -0.15) is 0 Å². The number of benzene rings is 2. The molecule has 0 radical (unpaired) electrons. The minimum atomic E-state index is -0.737. The third-order valence-electron chi connectivity index (χ3n) is 20.1. The first-order chi connectivity index (χ1) is 42.8. The van der Waals surface area contributed by atoms with Gasteiger partial charge in [0, 0.05) is 59.2 Å².